The van der Waals surface area contributed by atoms with Crippen LogP contribution in [0.5, 0.6) is 5.75 Å². The summed E-state index contributed by atoms with van der Waals surface area (Å²) >= 11 is 0. The SMILES string of the molecule is Oc1ccccc1C=NCCc1ccccn1. The van der Waals surface area contributed by atoms with Gasteiger partial charge in [0.2, 0.25) is 0 Å². The molecule has 0 amide bonds. The minimum Gasteiger partial charge on any atom is -0.507 e. The number of phenolic OH excluding ortho intramolecular Hbond substituents is 1. The van der Waals surface area contributed by atoms with E-state index in [9.17, 15) is 5.11 Å². The lowest BCUT2D eigenvalue weighted by Gasteiger charge is -1.98. The summed E-state index contributed by atoms with van der Waals surface area (Å²) in [6.45, 7) is 0.672. The van der Waals surface area contributed by atoms with Crippen LogP contribution in [0, 0.1) is 0 Å². The molecule has 2 aromatic rings. The first-order chi connectivity index (χ1) is 8.36. The van der Waals surface area contributed by atoms with Crippen molar-refractivity contribution >= 4 is 6.21 Å². The second kappa shape index (κ2) is 5.80. The first-order valence-corrected chi connectivity index (χ1v) is 5.54. The van der Waals surface area contributed by atoms with Gasteiger partial charge in [-0.2, -0.15) is 0 Å². The lowest BCUT2D eigenvalue weighted by molar-refractivity contribution is 0.474. The number of benzene rings is 1. The molecule has 0 aliphatic heterocycles. The molecule has 0 bridgehead atoms. The summed E-state index contributed by atoms with van der Waals surface area (Å²) < 4.78 is 0. The maximum absolute atomic E-state index is 9.52. The van der Waals surface area contributed by atoms with Gasteiger partial charge in [0, 0.05) is 36.6 Å². The topological polar surface area (TPSA) is 45.5 Å². The molecule has 3 nitrogen and oxygen atoms in total. The molecule has 3 heteroatoms. The van der Waals surface area contributed by atoms with Crippen LogP contribution in [-0.2, 0) is 6.42 Å². The van der Waals surface area contributed by atoms with Crippen LogP contribution in [0.4, 0.5) is 0 Å². The van der Waals surface area contributed by atoms with E-state index >= 15 is 0 Å². The number of hydrogen-bond donors (Lipinski definition) is 1. The fraction of sp³-hybridized carbons (Fsp3) is 0.143. The highest BCUT2D eigenvalue weighted by atomic mass is 16.3. The van der Waals surface area contributed by atoms with Crippen LogP contribution in [0.3, 0.4) is 0 Å². The van der Waals surface area contributed by atoms with Crippen molar-refractivity contribution < 1.29 is 5.11 Å². The highest BCUT2D eigenvalue weighted by Crippen LogP contribution is 2.12. The van der Waals surface area contributed by atoms with Crippen molar-refractivity contribution in [3.05, 3.63) is 59.9 Å². The lowest BCUT2D eigenvalue weighted by Crippen LogP contribution is -1.93. The average Bonchev–Trinajstić information content (AvgIpc) is 2.38. The van der Waals surface area contributed by atoms with Gasteiger partial charge in [0.1, 0.15) is 5.75 Å². The molecule has 17 heavy (non-hydrogen) atoms. The Morgan fingerprint density at radius 2 is 1.94 bits per heavy atom. The second-order valence-corrected chi connectivity index (χ2v) is 3.67. The van der Waals surface area contributed by atoms with Crippen LogP contribution >= 0.6 is 0 Å². The highest BCUT2D eigenvalue weighted by Gasteiger charge is 1.94. The molecular weight excluding hydrogens is 212 g/mol. The molecule has 1 aromatic heterocycles. The molecule has 0 aliphatic rings. The molecule has 0 unspecified atom stereocenters. The number of aromatic nitrogens is 1. The van der Waals surface area contributed by atoms with Crippen LogP contribution in [0.2, 0.25) is 0 Å². The van der Waals surface area contributed by atoms with Crippen molar-refractivity contribution in [2.24, 2.45) is 4.99 Å². The quantitative estimate of drug-likeness (QED) is 0.814. The zero-order chi connectivity index (χ0) is 11.9. The number of aliphatic imine (C=N–C) groups is 1. The second-order valence-electron chi connectivity index (χ2n) is 3.67. The Hall–Kier alpha value is -2.16. The first-order valence-electron chi connectivity index (χ1n) is 5.54. The minimum absolute atomic E-state index is 0.258. The molecule has 1 heterocycles. The zero-order valence-electron chi connectivity index (χ0n) is 9.45. The third kappa shape index (κ3) is 3.41. The normalized spacial score (nSPS) is 10.8. The Morgan fingerprint density at radius 1 is 1.12 bits per heavy atom. The van der Waals surface area contributed by atoms with E-state index in [1.807, 2.05) is 30.3 Å². The van der Waals surface area contributed by atoms with Crippen LogP contribution in [0.1, 0.15) is 11.3 Å². The van der Waals surface area contributed by atoms with E-state index in [2.05, 4.69) is 9.98 Å². The molecule has 0 radical (unpaired) electrons. The predicted molar refractivity (Wildman–Crippen MR) is 68.5 cm³/mol. The Labute approximate surface area is 100 Å². The molecule has 1 aromatic carbocycles. The van der Waals surface area contributed by atoms with Gasteiger partial charge in [-0.05, 0) is 24.3 Å². The van der Waals surface area contributed by atoms with Gasteiger partial charge in [0.05, 0.1) is 0 Å². The van der Waals surface area contributed by atoms with Crippen molar-refractivity contribution in [3.8, 4) is 5.75 Å². The fourth-order valence-corrected chi connectivity index (χ4v) is 1.48. The van der Waals surface area contributed by atoms with Gasteiger partial charge < -0.3 is 5.11 Å². The van der Waals surface area contributed by atoms with Crippen LogP contribution in [0.25, 0.3) is 0 Å². The Balaban J connectivity index is 1.89. The van der Waals surface area contributed by atoms with Gasteiger partial charge >= 0.3 is 0 Å². The van der Waals surface area contributed by atoms with Gasteiger partial charge in [-0.3, -0.25) is 9.98 Å². The maximum Gasteiger partial charge on any atom is 0.124 e. The average molecular weight is 226 g/mol. The number of aromatic hydroxyl groups is 1. The van der Waals surface area contributed by atoms with Crippen LogP contribution < -0.4 is 0 Å². The molecule has 2 rings (SSSR count). The molecule has 0 spiro atoms. The van der Waals surface area contributed by atoms with E-state index in [0.717, 1.165) is 17.7 Å². The summed E-state index contributed by atoms with van der Waals surface area (Å²) in [4.78, 5) is 8.49. The number of hydrogen-bond acceptors (Lipinski definition) is 3. The first kappa shape index (κ1) is 11.3. The number of para-hydroxylation sites is 1. The summed E-state index contributed by atoms with van der Waals surface area (Å²) in [6, 6.07) is 13.0. The largest absolute Gasteiger partial charge is 0.507 e. The molecule has 0 saturated carbocycles. The van der Waals surface area contributed by atoms with Crippen LogP contribution in [0.15, 0.2) is 53.7 Å². The van der Waals surface area contributed by atoms with Crippen molar-refractivity contribution in [1.82, 2.24) is 4.98 Å². The monoisotopic (exact) mass is 226 g/mol. The zero-order valence-corrected chi connectivity index (χ0v) is 9.45. The number of phenols is 1. The number of rotatable bonds is 4. The summed E-state index contributed by atoms with van der Waals surface area (Å²) in [5, 5.41) is 9.52. The van der Waals surface area contributed by atoms with Gasteiger partial charge in [0.15, 0.2) is 0 Å². The molecular formula is C14H14N2O. The van der Waals surface area contributed by atoms with Gasteiger partial charge in [-0.15, -0.1) is 0 Å². The van der Waals surface area contributed by atoms with Gasteiger partial charge in [-0.1, -0.05) is 18.2 Å². The van der Waals surface area contributed by atoms with E-state index in [1.165, 1.54) is 0 Å². The summed E-state index contributed by atoms with van der Waals surface area (Å²) in [5.41, 5.74) is 1.77. The molecule has 0 aliphatic carbocycles. The lowest BCUT2D eigenvalue weighted by atomic mass is 10.2. The summed E-state index contributed by atoms with van der Waals surface area (Å²) in [5.74, 6) is 0.258. The molecule has 0 fully saturated rings. The summed E-state index contributed by atoms with van der Waals surface area (Å²) in [6.07, 6.45) is 4.28. The van der Waals surface area contributed by atoms with E-state index in [-0.39, 0.29) is 5.75 Å². The predicted octanol–water partition coefficient (Wildman–Crippen LogP) is 2.45. The Kier molecular flexibility index (Phi) is 3.86. The highest BCUT2D eigenvalue weighted by molar-refractivity contribution is 5.83. The Morgan fingerprint density at radius 3 is 2.71 bits per heavy atom. The Bertz CT molecular complexity index is 495. The molecule has 86 valence electrons. The van der Waals surface area contributed by atoms with Gasteiger partial charge in [0.25, 0.3) is 0 Å². The summed E-state index contributed by atoms with van der Waals surface area (Å²) in [7, 11) is 0. The van der Waals surface area contributed by atoms with Crippen LogP contribution in [-0.4, -0.2) is 22.8 Å². The van der Waals surface area contributed by atoms with Gasteiger partial charge in [-0.25, -0.2) is 0 Å². The van der Waals surface area contributed by atoms with E-state index in [4.69, 9.17) is 0 Å². The van der Waals surface area contributed by atoms with E-state index in [0.29, 0.717) is 6.54 Å². The third-order valence-electron chi connectivity index (χ3n) is 2.39. The van der Waals surface area contributed by atoms with Crippen molar-refractivity contribution in [2.75, 3.05) is 6.54 Å². The number of pyridine rings is 1. The van der Waals surface area contributed by atoms with E-state index < -0.39 is 0 Å². The van der Waals surface area contributed by atoms with Crippen molar-refractivity contribution in [1.29, 1.82) is 0 Å². The minimum atomic E-state index is 0.258. The third-order valence-corrected chi connectivity index (χ3v) is 2.39. The standard InChI is InChI=1S/C14H14N2O/c17-14-7-2-1-5-12(14)11-15-10-8-13-6-3-4-9-16-13/h1-7,9,11,17H,8,10H2. The van der Waals surface area contributed by atoms with Crippen molar-refractivity contribution in [2.45, 2.75) is 6.42 Å². The van der Waals surface area contributed by atoms with E-state index in [1.54, 1.807) is 24.5 Å². The maximum atomic E-state index is 9.52. The molecule has 0 saturated heterocycles. The molecule has 1 N–H and O–H groups in total. The molecule has 0 atom stereocenters. The smallest absolute Gasteiger partial charge is 0.124 e. The van der Waals surface area contributed by atoms with Crippen molar-refractivity contribution in [3.63, 3.8) is 0 Å². The number of nitrogens with zero attached hydrogens (tertiary/aromatic N) is 2. The fourth-order valence-electron chi connectivity index (χ4n) is 1.48.